The minimum Gasteiger partial charge on any atom is -0.494 e. The first kappa shape index (κ1) is 17.8. The average Bonchev–Trinajstić information content (AvgIpc) is 3.01. The Morgan fingerprint density at radius 1 is 1.39 bits per heavy atom. The third-order valence-electron chi connectivity index (χ3n) is 4.42. The van der Waals surface area contributed by atoms with E-state index in [4.69, 9.17) is 10.00 Å². The summed E-state index contributed by atoms with van der Waals surface area (Å²) in [5.74, 6) is 0.696. The van der Waals surface area contributed by atoms with Crippen LogP contribution in [0, 0.1) is 11.3 Å². The Balaban J connectivity index is 1.78. The van der Waals surface area contributed by atoms with Crippen LogP contribution < -0.4 is 4.74 Å². The van der Waals surface area contributed by atoms with Gasteiger partial charge in [0, 0.05) is 18.8 Å². The average molecular weight is 336 g/mol. The molecule has 0 bridgehead atoms. The third-order valence-corrected chi connectivity index (χ3v) is 6.07. The molecule has 5 nitrogen and oxygen atoms in total. The van der Waals surface area contributed by atoms with Crippen molar-refractivity contribution in [1.82, 2.24) is 4.90 Å². The van der Waals surface area contributed by atoms with Crippen LogP contribution >= 0.6 is 0 Å². The van der Waals surface area contributed by atoms with Gasteiger partial charge in [0.15, 0.2) is 9.84 Å². The highest BCUT2D eigenvalue weighted by Crippen LogP contribution is 2.28. The molecule has 1 aliphatic carbocycles. The van der Waals surface area contributed by atoms with Gasteiger partial charge < -0.3 is 9.64 Å². The van der Waals surface area contributed by atoms with Crippen LogP contribution in [-0.2, 0) is 9.84 Å². The van der Waals surface area contributed by atoms with Crippen LogP contribution in [0.1, 0.15) is 31.2 Å². The second-order valence-electron chi connectivity index (χ2n) is 6.19. The SMILES string of the molecule is CN(CCCOc1cccc(C#N)c1)[C@@H]1CCC[C@H]1S(C)(=O)=O. The summed E-state index contributed by atoms with van der Waals surface area (Å²) in [5, 5.41) is 8.62. The van der Waals surface area contributed by atoms with Gasteiger partial charge in [0.05, 0.1) is 23.5 Å². The van der Waals surface area contributed by atoms with Crippen molar-refractivity contribution in [3.63, 3.8) is 0 Å². The van der Waals surface area contributed by atoms with Crippen LogP contribution in [0.4, 0.5) is 0 Å². The maximum absolute atomic E-state index is 11.8. The maximum atomic E-state index is 11.8. The summed E-state index contributed by atoms with van der Waals surface area (Å²) < 4.78 is 29.4. The van der Waals surface area contributed by atoms with E-state index in [-0.39, 0.29) is 11.3 Å². The van der Waals surface area contributed by atoms with Crippen LogP contribution in [0.3, 0.4) is 0 Å². The molecule has 23 heavy (non-hydrogen) atoms. The van der Waals surface area contributed by atoms with Crippen molar-refractivity contribution in [2.45, 2.75) is 37.0 Å². The fraction of sp³-hybridized carbons (Fsp3) is 0.588. The molecule has 1 fully saturated rings. The minimum atomic E-state index is -2.98. The zero-order chi connectivity index (χ0) is 16.9. The Labute approximate surface area is 138 Å². The van der Waals surface area contributed by atoms with Crippen LogP contribution in [0.2, 0.25) is 0 Å². The van der Waals surface area contributed by atoms with E-state index < -0.39 is 9.84 Å². The first-order valence-electron chi connectivity index (χ1n) is 7.94. The van der Waals surface area contributed by atoms with Crippen molar-refractivity contribution in [3.05, 3.63) is 29.8 Å². The summed E-state index contributed by atoms with van der Waals surface area (Å²) in [6.45, 7) is 1.35. The molecule has 0 amide bonds. The zero-order valence-electron chi connectivity index (χ0n) is 13.7. The molecule has 0 unspecified atom stereocenters. The molecule has 1 aliphatic rings. The number of sulfone groups is 1. The Hall–Kier alpha value is -1.58. The van der Waals surface area contributed by atoms with Crippen molar-refractivity contribution >= 4 is 9.84 Å². The van der Waals surface area contributed by atoms with Gasteiger partial charge in [-0.3, -0.25) is 0 Å². The topological polar surface area (TPSA) is 70.4 Å². The molecule has 0 aromatic heterocycles. The van der Waals surface area contributed by atoms with E-state index in [2.05, 4.69) is 11.0 Å². The minimum absolute atomic E-state index is 0.118. The molecule has 1 aromatic carbocycles. The van der Waals surface area contributed by atoms with Gasteiger partial charge in [0.1, 0.15) is 5.75 Å². The van der Waals surface area contributed by atoms with E-state index in [1.807, 2.05) is 13.1 Å². The molecule has 2 rings (SSSR count). The lowest BCUT2D eigenvalue weighted by Crippen LogP contribution is -2.42. The van der Waals surface area contributed by atoms with Crippen molar-refractivity contribution in [3.8, 4) is 11.8 Å². The number of rotatable bonds is 7. The predicted octanol–water partition coefficient (Wildman–Crippen LogP) is 2.22. The summed E-state index contributed by atoms with van der Waals surface area (Å²) in [5.41, 5.74) is 0.585. The maximum Gasteiger partial charge on any atom is 0.151 e. The summed E-state index contributed by atoms with van der Waals surface area (Å²) in [6.07, 6.45) is 4.85. The van der Waals surface area contributed by atoms with Crippen LogP contribution in [0.5, 0.6) is 5.75 Å². The molecule has 0 heterocycles. The number of nitriles is 1. The molecule has 126 valence electrons. The van der Waals surface area contributed by atoms with Crippen LogP contribution in [-0.4, -0.2) is 51.1 Å². The standard InChI is InChI=1S/C17H24N2O3S/c1-19(16-8-4-9-17(16)23(2,20)21)10-5-11-22-15-7-3-6-14(12-15)13-18/h3,6-7,12,16-17H,4-5,8-11H2,1-2H3/t16-,17-/m1/s1. The van der Waals surface area contributed by atoms with Crippen LogP contribution in [0.15, 0.2) is 24.3 Å². The highest BCUT2D eigenvalue weighted by atomic mass is 32.2. The molecule has 0 N–H and O–H groups in total. The normalized spacial score (nSPS) is 21.3. The zero-order valence-corrected chi connectivity index (χ0v) is 14.6. The number of hydrogen-bond donors (Lipinski definition) is 0. The number of ether oxygens (including phenoxy) is 1. The third kappa shape index (κ3) is 4.95. The molecule has 0 saturated heterocycles. The van der Waals surface area contributed by atoms with E-state index >= 15 is 0 Å². The summed E-state index contributed by atoms with van der Waals surface area (Å²) in [6, 6.07) is 9.30. The van der Waals surface area contributed by atoms with Gasteiger partial charge in [-0.1, -0.05) is 12.5 Å². The number of benzene rings is 1. The molecule has 0 spiro atoms. The lowest BCUT2D eigenvalue weighted by atomic mass is 10.2. The van der Waals surface area contributed by atoms with E-state index in [0.717, 1.165) is 32.2 Å². The second-order valence-corrected chi connectivity index (χ2v) is 8.45. The van der Waals surface area contributed by atoms with Crippen molar-refractivity contribution in [1.29, 1.82) is 5.26 Å². The van der Waals surface area contributed by atoms with Gasteiger partial charge in [0.2, 0.25) is 0 Å². The predicted molar refractivity (Wildman–Crippen MR) is 90.2 cm³/mol. The van der Waals surface area contributed by atoms with Gasteiger partial charge in [0.25, 0.3) is 0 Å². The van der Waals surface area contributed by atoms with E-state index in [0.29, 0.717) is 17.9 Å². The van der Waals surface area contributed by atoms with Crippen LogP contribution in [0.25, 0.3) is 0 Å². The van der Waals surface area contributed by atoms with E-state index in [9.17, 15) is 8.42 Å². The number of nitrogens with zero attached hydrogens (tertiary/aromatic N) is 2. The van der Waals surface area contributed by atoms with Crippen molar-refractivity contribution < 1.29 is 13.2 Å². The molecule has 6 heteroatoms. The fourth-order valence-corrected chi connectivity index (χ4v) is 4.74. The Morgan fingerprint density at radius 2 is 2.17 bits per heavy atom. The molecule has 1 aromatic rings. The quantitative estimate of drug-likeness (QED) is 0.714. The Morgan fingerprint density at radius 3 is 2.87 bits per heavy atom. The second kappa shape index (κ2) is 7.80. The molecule has 2 atom stereocenters. The highest BCUT2D eigenvalue weighted by Gasteiger charge is 2.36. The summed E-state index contributed by atoms with van der Waals surface area (Å²) >= 11 is 0. The Kier molecular flexibility index (Phi) is 6.03. The Bertz CT molecular complexity index is 667. The van der Waals surface area contributed by atoms with Gasteiger partial charge in [-0.15, -0.1) is 0 Å². The smallest absolute Gasteiger partial charge is 0.151 e. The molecule has 1 saturated carbocycles. The first-order chi connectivity index (χ1) is 10.9. The molecule has 0 radical (unpaired) electrons. The largest absolute Gasteiger partial charge is 0.494 e. The number of hydrogen-bond acceptors (Lipinski definition) is 5. The van der Waals surface area contributed by atoms with E-state index in [1.165, 1.54) is 6.26 Å². The summed E-state index contributed by atoms with van der Waals surface area (Å²) in [4.78, 5) is 2.15. The van der Waals surface area contributed by atoms with Gasteiger partial charge >= 0.3 is 0 Å². The van der Waals surface area contributed by atoms with Gasteiger partial charge in [-0.25, -0.2) is 8.42 Å². The monoisotopic (exact) mass is 336 g/mol. The first-order valence-corrected chi connectivity index (χ1v) is 9.89. The van der Waals surface area contributed by atoms with E-state index in [1.54, 1.807) is 18.2 Å². The lowest BCUT2D eigenvalue weighted by molar-refractivity contribution is 0.217. The lowest BCUT2D eigenvalue weighted by Gasteiger charge is -2.28. The van der Waals surface area contributed by atoms with Crippen molar-refractivity contribution in [2.24, 2.45) is 0 Å². The molecular formula is C17H24N2O3S. The summed E-state index contributed by atoms with van der Waals surface area (Å²) in [7, 11) is -0.991. The highest BCUT2D eigenvalue weighted by molar-refractivity contribution is 7.91. The molecular weight excluding hydrogens is 312 g/mol. The van der Waals surface area contributed by atoms with Crippen molar-refractivity contribution in [2.75, 3.05) is 26.5 Å². The van der Waals surface area contributed by atoms with Gasteiger partial charge in [-0.05, 0) is 44.5 Å². The molecule has 0 aliphatic heterocycles. The van der Waals surface area contributed by atoms with Gasteiger partial charge in [-0.2, -0.15) is 5.26 Å². The fourth-order valence-electron chi connectivity index (χ4n) is 3.24.